The van der Waals surface area contributed by atoms with Crippen LogP contribution in [-0.4, -0.2) is 10.7 Å². The van der Waals surface area contributed by atoms with Crippen molar-refractivity contribution in [2.45, 2.75) is 13.3 Å². The van der Waals surface area contributed by atoms with Crippen molar-refractivity contribution in [1.29, 1.82) is 0 Å². The first-order chi connectivity index (χ1) is 9.02. The molecular formula is C13H12N2O3S. The van der Waals surface area contributed by atoms with Gasteiger partial charge in [0, 0.05) is 22.6 Å². The Morgan fingerprint density at radius 1 is 1.42 bits per heavy atom. The van der Waals surface area contributed by atoms with Gasteiger partial charge in [-0.25, -0.2) is 0 Å². The van der Waals surface area contributed by atoms with Crippen LogP contribution in [0.2, 0.25) is 0 Å². The smallest absolute Gasteiger partial charge is 0.270 e. The first-order valence-corrected chi connectivity index (χ1v) is 6.52. The number of rotatable bonds is 4. The third kappa shape index (κ3) is 2.63. The Bertz CT molecular complexity index is 649. The Hall–Kier alpha value is -2.21. The molecule has 19 heavy (non-hydrogen) atoms. The lowest BCUT2D eigenvalue weighted by Gasteiger charge is -2.00. The number of thiophene rings is 1. The van der Waals surface area contributed by atoms with Gasteiger partial charge in [0.25, 0.3) is 5.69 Å². The van der Waals surface area contributed by atoms with E-state index in [1.165, 1.54) is 29.5 Å². The lowest BCUT2D eigenvalue weighted by atomic mass is 10.0. The zero-order valence-corrected chi connectivity index (χ0v) is 11.1. The number of non-ortho nitro benzene ring substituents is 1. The summed E-state index contributed by atoms with van der Waals surface area (Å²) in [7, 11) is 0. The van der Waals surface area contributed by atoms with Crippen molar-refractivity contribution in [3.63, 3.8) is 0 Å². The van der Waals surface area contributed by atoms with Crippen LogP contribution in [-0.2, 0) is 6.42 Å². The van der Waals surface area contributed by atoms with E-state index in [9.17, 15) is 14.9 Å². The molecule has 0 aliphatic heterocycles. The molecule has 0 bridgehead atoms. The number of anilines is 1. The molecule has 1 heterocycles. The monoisotopic (exact) mass is 276 g/mol. The van der Waals surface area contributed by atoms with Crippen molar-refractivity contribution in [1.82, 2.24) is 0 Å². The highest BCUT2D eigenvalue weighted by atomic mass is 32.1. The van der Waals surface area contributed by atoms with Gasteiger partial charge in [-0.05, 0) is 12.5 Å². The number of nitrogens with zero attached hydrogens (tertiary/aromatic N) is 1. The van der Waals surface area contributed by atoms with Gasteiger partial charge in [-0.15, -0.1) is 11.3 Å². The SMILES string of the molecule is CCc1cc(C(=O)c2cccc([N+](=O)[O-])c2)c(N)s1. The summed E-state index contributed by atoms with van der Waals surface area (Å²) >= 11 is 1.37. The molecule has 6 heteroatoms. The number of nitro groups is 1. The van der Waals surface area contributed by atoms with E-state index < -0.39 is 4.92 Å². The van der Waals surface area contributed by atoms with E-state index in [1.54, 1.807) is 12.1 Å². The minimum Gasteiger partial charge on any atom is -0.390 e. The molecule has 0 unspecified atom stereocenters. The van der Waals surface area contributed by atoms with Crippen molar-refractivity contribution in [3.8, 4) is 0 Å². The van der Waals surface area contributed by atoms with Gasteiger partial charge >= 0.3 is 0 Å². The maximum atomic E-state index is 12.3. The number of aryl methyl sites for hydroxylation is 1. The Morgan fingerprint density at radius 2 is 2.16 bits per heavy atom. The first kappa shape index (κ1) is 13.2. The van der Waals surface area contributed by atoms with Gasteiger partial charge in [-0.3, -0.25) is 14.9 Å². The highest BCUT2D eigenvalue weighted by molar-refractivity contribution is 7.16. The van der Waals surface area contributed by atoms with Gasteiger partial charge in [0.1, 0.15) is 0 Å². The summed E-state index contributed by atoms with van der Waals surface area (Å²) in [5, 5.41) is 11.2. The van der Waals surface area contributed by atoms with E-state index in [0.717, 1.165) is 11.3 Å². The van der Waals surface area contributed by atoms with Crippen molar-refractivity contribution in [2.75, 3.05) is 5.73 Å². The molecule has 98 valence electrons. The topological polar surface area (TPSA) is 86.2 Å². The lowest BCUT2D eigenvalue weighted by Crippen LogP contribution is -2.03. The van der Waals surface area contributed by atoms with Crippen LogP contribution >= 0.6 is 11.3 Å². The van der Waals surface area contributed by atoms with Gasteiger partial charge in [-0.1, -0.05) is 19.1 Å². The normalized spacial score (nSPS) is 10.4. The molecule has 0 saturated carbocycles. The highest BCUT2D eigenvalue weighted by Crippen LogP contribution is 2.28. The van der Waals surface area contributed by atoms with E-state index in [0.29, 0.717) is 10.6 Å². The quantitative estimate of drug-likeness (QED) is 0.528. The maximum Gasteiger partial charge on any atom is 0.270 e. The van der Waals surface area contributed by atoms with E-state index in [4.69, 9.17) is 5.73 Å². The van der Waals surface area contributed by atoms with E-state index in [1.807, 2.05) is 6.92 Å². The summed E-state index contributed by atoms with van der Waals surface area (Å²) in [5.74, 6) is -0.280. The summed E-state index contributed by atoms with van der Waals surface area (Å²) in [5.41, 5.74) is 6.41. The fourth-order valence-corrected chi connectivity index (χ4v) is 2.59. The molecule has 0 atom stereocenters. The van der Waals surface area contributed by atoms with Gasteiger partial charge in [0.05, 0.1) is 15.5 Å². The zero-order chi connectivity index (χ0) is 14.0. The molecule has 0 amide bonds. The van der Waals surface area contributed by atoms with Gasteiger partial charge < -0.3 is 5.73 Å². The third-order valence-corrected chi connectivity index (χ3v) is 3.83. The van der Waals surface area contributed by atoms with Crippen LogP contribution in [0.15, 0.2) is 30.3 Å². The Kier molecular flexibility index (Phi) is 3.62. The largest absolute Gasteiger partial charge is 0.390 e. The molecule has 0 spiro atoms. The van der Waals surface area contributed by atoms with Gasteiger partial charge in [0.15, 0.2) is 5.78 Å². The van der Waals surface area contributed by atoms with Crippen LogP contribution in [0.1, 0.15) is 27.7 Å². The fraction of sp³-hybridized carbons (Fsp3) is 0.154. The summed E-state index contributed by atoms with van der Waals surface area (Å²) in [6.07, 6.45) is 0.803. The van der Waals surface area contributed by atoms with E-state index in [2.05, 4.69) is 0 Å². The van der Waals surface area contributed by atoms with Crippen molar-refractivity contribution < 1.29 is 9.72 Å². The molecule has 2 N–H and O–H groups in total. The predicted octanol–water partition coefficient (Wildman–Crippen LogP) is 3.03. The number of nitro benzene ring substituents is 1. The molecule has 0 aliphatic carbocycles. The number of hydrogen-bond donors (Lipinski definition) is 1. The second-order valence-corrected chi connectivity index (χ2v) is 5.15. The van der Waals surface area contributed by atoms with Crippen molar-refractivity contribution in [3.05, 3.63) is 56.5 Å². The Balaban J connectivity index is 2.40. The molecule has 0 saturated heterocycles. The number of carbonyl (C=O) groups excluding carboxylic acids is 1. The van der Waals surface area contributed by atoms with Gasteiger partial charge in [-0.2, -0.15) is 0 Å². The molecule has 1 aromatic heterocycles. The summed E-state index contributed by atoms with van der Waals surface area (Å²) < 4.78 is 0. The van der Waals surface area contributed by atoms with Crippen LogP contribution in [0, 0.1) is 10.1 Å². The average molecular weight is 276 g/mol. The minimum atomic E-state index is -0.523. The molecule has 2 aromatic rings. The van der Waals surface area contributed by atoms with Crippen molar-refractivity contribution in [2.24, 2.45) is 0 Å². The molecule has 0 radical (unpaired) electrons. The number of carbonyl (C=O) groups is 1. The molecule has 0 fully saturated rings. The predicted molar refractivity (Wildman–Crippen MR) is 74.6 cm³/mol. The molecular weight excluding hydrogens is 264 g/mol. The van der Waals surface area contributed by atoms with Crippen LogP contribution < -0.4 is 5.73 Å². The van der Waals surface area contributed by atoms with Gasteiger partial charge in [0.2, 0.25) is 0 Å². The minimum absolute atomic E-state index is 0.102. The number of benzene rings is 1. The van der Waals surface area contributed by atoms with Crippen LogP contribution in [0.5, 0.6) is 0 Å². The first-order valence-electron chi connectivity index (χ1n) is 5.70. The number of nitrogen functional groups attached to an aromatic ring is 1. The third-order valence-electron chi connectivity index (χ3n) is 2.72. The standard InChI is InChI=1S/C13H12N2O3S/c1-2-10-7-11(13(14)19-10)12(16)8-4-3-5-9(6-8)15(17)18/h3-7H,2,14H2,1H3. The summed E-state index contributed by atoms with van der Waals surface area (Å²) in [6.45, 7) is 1.98. The second kappa shape index (κ2) is 5.19. The Labute approximate surface area is 113 Å². The molecule has 2 rings (SSSR count). The van der Waals surface area contributed by atoms with E-state index >= 15 is 0 Å². The van der Waals surface area contributed by atoms with Crippen LogP contribution in [0.25, 0.3) is 0 Å². The average Bonchev–Trinajstić information content (AvgIpc) is 2.79. The van der Waals surface area contributed by atoms with Crippen LogP contribution in [0.3, 0.4) is 0 Å². The lowest BCUT2D eigenvalue weighted by molar-refractivity contribution is -0.384. The second-order valence-electron chi connectivity index (χ2n) is 3.98. The summed E-state index contributed by atoms with van der Waals surface area (Å²) in [4.78, 5) is 23.5. The zero-order valence-electron chi connectivity index (χ0n) is 10.3. The van der Waals surface area contributed by atoms with Crippen LogP contribution in [0.4, 0.5) is 10.7 Å². The molecule has 0 aliphatic rings. The molecule has 1 aromatic carbocycles. The number of hydrogen-bond acceptors (Lipinski definition) is 5. The van der Waals surface area contributed by atoms with Crippen molar-refractivity contribution >= 4 is 27.8 Å². The summed E-state index contributed by atoms with van der Waals surface area (Å²) in [6, 6.07) is 7.42. The Morgan fingerprint density at radius 3 is 2.74 bits per heavy atom. The highest BCUT2D eigenvalue weighted by Gasteiger charge is 2.17. The number of nitrogens with two attached hydrogens (primary N) is 1. The maximum absolute atomic E-state index is 12.3. The van der Waals surface area contributed by atoms with E-state index in [-0.39, 0.29) is 17.0 Å². The number of ketones is 1. The fourth-order valence-electron chi connectivity index (χ4n) is 1.73. The molecule has 5 nitrogen and oxygen atoms in total.